The monoisotopic (exact) mass is 552 g/mol. The molecular weight excluding hydrogens is 528 g/mol. The number of nitrogens with one attached hydrogen (secondary N) is 1. The van der Waals surface area contributed by atoms with Crippen LogP contribution in [0.15, 0.2) is 53.7 Å². The van der Waals surface area contributed by atoms with E-state index in [0.717, 1.165) is 35.7 Å². The molecule has 0 saturated carbocycles. The standard InChI is InChI=1S/C23H25ClN4O6S2/c1-4-27(5-2)17-7-8-18(15(3)12-17)26-23(29)34-19(20-9-11-22(35-20)28(30)31)14-36(32,33)21-10-6-16(24)13-25-21/h6-13,19H,4-5,14H2,1-3H3,(H,26,29). The van der Waals surface area contributed by atoms with E-state index in [-0.39, 0.29) is 19.9 Å². The van der Waals surface area contributed by atoms with E-state index in [2.05, 4.69) is 15.2 Å². The summed E-state index contributed by atoms with van der Waals surface area (Å²) in [5.41, 5.74) is 2.29. The number of ether oxygens (including phenoxy) is 1. The van der Waals surface area contributed by atoms with E-state index in [1.54, 1.807) is 6.07 Å². The second-order valence-electron chi connectivity index (χ2n) is 7.72. The lowest BCUT2D eigenvalue weighted by Gasteiger charge is -2.22. The summed E-state index contributed by atoms with van der Waals surface area (Å²) in [7, 11) is -4.03. The van der Waals surface area contributed by atoms with Gasteiger partial charge in [-0.3, -0.25) is 15.4 Å². The number of sulfone groups is 1. The largest absolute Gasteiger partial charge is 0.439 e. The molecule has 1 aromatic carbocycles. The number of anilines is 2. The van der Waals surface area contributed by atoms with Gasteiger partial charge in [-0.15, -0.1) is 0 Å². The van der Waals surface area contributed by atoms with E-state index >= 15 is 0 Å². The Morgan fingerprint density at radius 2 is 1.94 bits per heavy atom. The maximum Gasteiger partial charge on any atom is 0.412 e. The molecule has 0 fully saturated rings. The number of hydrogen-bond acceptors (Lipinski definition) is 9. The van der Waals surface area contributed by atoms with Crippen LogP contribution in [0.25, 0.3) is 0 Å². The Morgan fingerprint density at radius 1 is 1.22 bits per heavy atom. The Morgan fingerprint density at radius 3 is 2.50 bits per heavy atom. The van der Waals surface area contributed by atoms with Crippen LogP contribution in [-0.2, 0) is 14.6 Å². The molecule has 10 nitrogen and oxygen atoms in total. The number of halogens is 1. The van der Waals surface area contributed by atoms with Crippen molar-refractivity contribution in [3.63, 3.8) is 0 Å². The Hall–Kier alpha value is -3.22. The fourth-order valence-electron chi connectivity index (χ4n) is 3.46. The number of aromatic nitrogens is 1. The molecule has 36 heavy (non-hydrogen) atoms. The van der Waals surface area contributed by atoms with Crippen LogP contribution in [-0.4, -0.2) is 43.3 Å². The maximum absolute atomic E-state index is 13.0. The van der Waals surface area contributed by atoms with Crippen molar-refractivity contribution in [3.05, 3.63) is 74.2 Å². The molecule has 0 aliphatic carbocycles. The molecule has 1 N–H and O–H groups in total. The van der Waals surface area contributed by atoms with Crippen molar-refractivity contribution >= 4 is 55.2 Å². The molecule has 0 radical (unpaired) electrons. The van der Waals surface area contributed by atoms with Gasteiger partial charge in [0.2, 0.25) is 0 Å². The van der Waals surface area contributed by atoms with Gasteiger partial charge in [0.25, 0.3) is 0 Å². The van der Waals surface area contributed by atoms with E-state index in [0.29, 0.717) is 5.69 Å². The minimum atomic E-state index is -4.03. The third-order valence-corrected chi connectivity index (χ3v) is 8.30. The number of carbonyl (C=O) groups is 1. The zero-order valence-electron chi connectivity index (χ0n) is 19.8. The number of nitro groups is 1. The smallest absolute Gasteiger partial charge is 0.412 e. The topological polar surface area (TPSA) is 132 Å². The quantitative estimate of drug-likeness (QED) is 0.253. The lowest BCUT2D eigenvalue weighted by atomic mass is 10.1. The molecule has 13 heteroatoms. The third-order valence-electron chi connectivity index (χ3n) is 5.32. The van der Waals surface area contributed by atoms with E-state index in [4.69, 9.17) is 16.3 Å². The van der Waals surface area contributed by atoms with Crippen molar-refractivity contribution in [3.8, 4) is 0 Å². The summed E-state index contributed by atoms with van der Waals surface area (Å²) in [4.78, 5) is 29.5. The number of benzene rings is 1. The highest BCUT2D eigenvalue weighted by Gasteiger charge is 2.29. The Labute approximate surface area is 217 Å². The number of amides is 1. The van der Waals surface area contributed by atoms with Gasteiger partial charge in [-0.05, 0) is 62.7 Å². The number of rotatable bonds is 10. The fraction of sp³-hybridized carbons (Fsp3) is 0.304. The molecular formula is C23H25ClN4O6S2. The van der Waals surface area contributed by atoms with E-state index < -0.39 is 32.7 Å². The van der Waals surface area contributed by atoms with Gasteiger partial charge in [-0.25, -0.2) is 18.2 Å². The molecule has 192 valence electrons. The number of carbonyl (C=O) groups excluding carboxylic acids is 1. The molecule has 2 heterocycles. The Bertz CT molecular complexity index is 1340. The molecule has 1 amide bonds. The first-order valence-corrected chi connectivity index (χ1v) is 13.8. The molecule has 0 spiro atoms. The average Bonchev–Trinajstić information content (AvgIpc) is 3.32. The van der Waals surface area contributed by atoms with Crippen LogP contribution in [0.5, 0.6) is 0 Å². The summed E-state index contributed by atoms with van der Waals surface area (Å²) < 4.78 is 31.4. The molecule has 1 atom stereocenters. The number of hydrogen-bond donors (Lipinski definition) is 1. The van der Waals surface area contributed by atoms with Gasteiger partial charge in [0.05, 0.1) is 20.6 Å². The second-order valence-corrected chi connectivity index (χ2v) is 11.2. The predicted octanol–water partition coefficient (Wildman–Crippen LogP) is 5.62. The van der Waals surface area contributed by atoms with Gasteiger partial charge < -0.3 is 9.64 Å². The van der Waals surface area contributed by atoms with Gasteiger partial charge in [0.15, 0.2) is 21.0 Å². The SMILES string of the molecule is CCN(CC)c1ccc(NC(=O)OC(CS(=O)(=O)c2ccc(Cl)cn2)c2ccc([N+](=O)[O-])s2)c(C)c1. The summed E-state index contributed by atoms with van der Waals surface area (Å²) in [6.45, 7) is 7.59. The highest BCUT2D eigenvalue weighted by atomic mass is 35.5. The third kappa shape index (κ3) is 6.71. The molecule has 2 aromatic heterocycles. The summed E-state index contributed by atoms with van der Waals surface area (Å²) in [5, 5.41) is 13.6. The first kappa shape index (κ1) is 27.4. The molecule has 0 saturated heterocycles. The van der Waals surface area contributed by atoms with E-state index in [9.17, 15) is 23.3 Å². The zero-order chi connectivity index (χ0) is 26.5. The molecule has 1 unspecified atom stereocenters. The normalized spacial score (nSPS) is 12.1. The van der Waals surface area contributed by atoms with Crippen LogP contribution in [0.2, 0.25) is 5.02 Å². The van der Waals surface area contributed by atoms with Gasteiger partial charge in [-0.2, -0.15) is 0 Å². The van der Waals surface area contributed by atoms with E-state index in [1.165, 1.54) is 30.5 Å². The lowest BCUT2D eigenvalue weighted by molar-refractivity contribution is -0.380. The molecule has 0 aliphatic heterocycles. The minimum Gasteiger partial charge on any atom is -0.439 e. The summed E-state index contributed by atoms with van der Waals surface area (Å²) in [6, 6.07) is 10.8. The van der Waals surface area contributed by atoms with Crippen molar-refractivity contribution < 1.29 is 22.9 Å². The number of thiophene rings is 1. The Balaban J connectivity index is 1.84. The zero-order valence-corrected chi connectivity index (χ0v) is 22.2. The second kappa shape index (κ2) is 11.7. The Kier molecular flexibility index (Phi) is 8.88. The molecule has 3 rings (SSSR count). The van der Waals surface area contributed by atoms with Gasteiger partial charge >= 0.3 is 11.1 Å². The van der Waals surface area contributed by atoms with Gasteiger partial charge in [-0.1, -0.05) is 22.9 Å². The van der Waals surface area contributed by atoms with Crippen molar-refractivity contribution in [2.24, 2.45) is 0 Å². The fourth-order valence-corrected chi connectivity index (χ4v) is 5.83. The highest BCUT2D eigenvalue weighted by Crippen LogP contribution is 2.33. The van der Waals surface area contributed by atoms with Crippen LogP contribution >= 0.6 is 22.9 Å². The summed E-state index contributed by atoms with van der Waals surface area (Å²) in [5.74, 6) is -0.660. The van der Waals surface area contributed by atoms with Crippen LogP contribution in [0.1, 0.15) is 30.4 Å². The highest BCUT2D eigenvalue weighted by molar-refractivity contribution is 7.91. The number of pyridine rings is 1. The predicted molar refractivity (Wildman–Crippen MR) is 140 cm³/mol. The molecule has 0 bridgehead atoms. The number of nitrogens with zero attached hydrogens (tertiary/aromatic N) is 3. The van der Waals surface area contributed by atoms with Crippen LogP contribution < -0.4 is 10.2 Å². The van der Waals surface area contributed by atoms with Crippen LogP contribution in [0.3, 0.4) is 0 Å². The van der Waals surface area contributed by atoms with Crippen molar-refractivity contribution in [1.29, 1.82) is 0 Å². The average molecular weight is 553 g/mol. The first-order chi connectivity index (χ1) is 17.0. The number of aryl methyl sites for hydroxylation is 1. The van der Waals surface area contributed by atoms with E-state index in [1.807, 2.05) is 32.9 Å². The van der Waals surface area contributed by atoms with Gasteiger partial charge in [0.1, 0.15) is 0 Å². The summed E-state index contributed by atoms with van der Waals surface area (Å²) in [6.07, 6.45) is -1.01. The van der Waals surface area contributed by atoms with Crippen molar-refractivity contribution in [2.75, 3.05) is 29.1 Å². The van der Waals surface area contributed by atoms with Crippen molar-refractivity contribution in [2.45, 2.75) is 31.9 Å². The van der Waals surface area contributed by atoms with Crippen molar-refractivity contribution in [1.82, 2.24) is 4.98 Å². The van der Waals surface area contributed by atoms with Gasteiger partial charge in [0, 0.05) is 36.7 Å². The first-order valence-electron chi connectivity index (χ1n) is 11.0. The molecule has 0 aliphatic rings. The minimum absolute atomic E-state index is 0.205. The summed E-state index contributed by atoms with van der Waals surface area (Å²) >= 11 is 6.53. The van der Waals surface area contributed by atoms with Crippen LogP contribution in [0.4, 0.5) is 21.2 Å². The lowest BCUT2D eigenvalue weighted by Crippen LogP contribution is -2.24. The molecule has 3 aromatic rings. The van der Waals surface area contributed by atoms with Crippen LogP contribution in [0, 0.1) is 17.0 Å². The maximum atomic E-state index is 13.0.